The smallest absolute Gasteiger partial charge is 0.375 e. The average molecular weight is 298 g/mol. The van der Waals surface area contributed by atoms with Gasteiger partial charge in [0.25, 0.3) is 0 Å². The summed E-state index contributed by atoms with van der Waals surface area (Å²) in [7, 11) is 0. The summed E-state index contributed by atoms with van der Waals surface area (Å²) < 4.78 is 57.1. The molecule has 1 saturated heterocycles. The number of nitrogens with one attached hydrogen (secondary N) is 1. The predicted octanol–water partition coefficient (Wildman–Crippen LogP) is 2.85. The molecule has 0 radical (unpaired) electrons. The van der Waals surface area contributed by atoms with Crippen LogP contribution in [0, 0.1) is 5.82 Å². The number of rotatable bonds is 0. The Morgan fingerprint density at radius 2 is 2.00 bits per heavy atom. The van der Waals surface area contributed by atoms with Crippen molar-refractivity contribution in [2.75, 3.05) is 13.2 Å². The van der Waals surface area contributed by atoms with Crippen molar-refractivity contribution in [3.05, 3.63) is 34.6 Å². The monoisotopic (exact) mass is 297 g/mol. The lowest BCUT2D eigenvalue weighted by molar-refractivity contribution is -0.137. The van der Waals surface area contributed by atoms with Crippen LogP contribution >= 0.6 is 12.4 Å². The molecule has 0 spiro atoms. The molecule has 2 aliphatic rings. The first-order chi connectivity index (χ1) is 8.47. The Balaban J connectivity index is 0.00000133. The molecule has 1 aliphatic carbocycles. The molecule has 3 rings (SSSR count). The van der Waals surface area contributed by atoms with Gasteiger partial charge in [0.15, 0.2) is 0 Å². The zero-order chi connectivity index (χ0) is 12.9. The second-order valence-electron chi connectivity index (χ2n) is 4.57. The summed E-state index contributed by atoms with van der Waals surface area (Å²) in [6.07, 6.45) is -4.45. The molecule has 1 aromatic rings. The Bertz CT molecular complexity index is 491. The Labute approximate surface area is 113 Å². The first-order valence-corrected chi connectivity index (χ1v) is 5.71. The van der Waals surface area contributed by atoms with Crippen molar-refractivity contribution in [2.24, 2.45) is 0 Å². The number of halogens is 5. The Morgan fingerprint density at radius 1 is 1.26 bits per heavy atom. The minimum absolute atomic E-state index is 0. The molecule has 0 saturated carbocycles. The minimum atomic E-state index is -4.52. The number of morpholine rings is 1. The molecule has 1 N–H and O–H groups in total. The van der Waals surface area contributed by atoms with Crippen LogP contribution in [0.4, 0.5) is 17.6 Å². The minimum Gasteiger partial charge on any atom is -0.375 e. The van der Waals surface area contributed by atoms with E-state index in [1.165, 1.54) is 0 Å². The van der Waals surface area contributed by atoms with Crippen LogP contribution in [0.1, 0.15) is 22.7 Å². The van der Waals surface area contributed by atoms with Crippen LogP contribution in [0.3, 0.4) is 0 Å². The highest BCUT2D eigenvalue weighted by molar-refractivity contribution is 5.85. The highest BCUT2D eigenvalue weighted by Gasteiger charge is 2.40. The molecule has 19 heavy (non-hydrogen) atoms. The number of hydrogen-bond acceptors (Lipinski definition) is 2. The summed E-state index contributed by atoms with van der Waals surface area (Å²) in [5.41, 5.74) is -0.211. The first-order valence-electron chi connectivity index (χ1n) is 5.71. The van der Waals surface area contributed by atoms with E-state index in [1.807, 2.05) is 0 Å². The van der Waals surface area contributed by atoms with Gasteiger partial charge in [-0.15, -0.1) is 12.4 Å². The Kier molecular flexibility index (Phi) is 3.77. The maximum Gasteiger partial charge on any atom is 0.416 e. The standard InChI is InChI=1S/C12H11F4NO.ClH/c13-8-5-7(12(14,15)16)3-6-4-9-11(10(6)8)17-1-2-18-9;/h3,5,9,11,17H,1-2,4H2;1H/t9-,11-;/m1./s1. The molecule has 1 fully saturated rings. The van der Waals surface area contributed by atoms with Crippen molar-refractivity contribution in [2.45, 2.75) is 24.7 Å². The molecule has 0 bridgehead atoms. The maximum absolute atomic E-state index is 13.9. The van der Waals surface area contributed by atoms with Gasteiger partial charge in [-0.25, -0.2) is 4.39 Å². The van der Waals surface area contributed by atoms with Crippen molar-refractivity contribution < 1.29 is 22.3 Å². The van der Waals surface area contributed by atoms with Gasteiger partial charge < -0.3 is 10.1 Å². The number of fused-ring (bicyclic) bond motifs is 3. The lowest BCUT2D eigenvalue weighted by Crippen LogP contribution is -2.39. The van der Waals surface area contributed by atoms with Crippen LogP contribution in [0.5, 0.6) is 0 Å². The maximum atomic E-state index is 13.9. The fourth-order valence-electron chi connectivity index (χ4n) is 2.69. The average Bonchev–Trinajstić information content (AvgIpc) is 2.66. The molecular weight excluding hydrogens is 286 g/mol. The van der Waals surface area contributed by atoms with E-state index in [-0.39, 0.29) is 24.6 Å². The molecule has 0 unspecified atom stereocenters. The fourth-order valence-corrected chi connectivity index (χ4v) is 2.69. The number of benzene rings is 1. The summed E-state index contributed by atoms with van der Waals surface area (Å²) in [5.74, 6) is -0.801. The van der Waals surface area contributed by atoms with Crippen molar-refractivity contribution in [3.63, 3.8) is 0 Å². The second kappa shape index (κ2) is 4.92. The molecule has 2 nitrogen and oxygen atoms in total. The third-order valence-corrected chi connectivity index (χ3v) is 3.44. The third kappa shape index (κ3) is 2.44. The van der Waals surface area contributed by atoms with E-state index in [4.69, 9.17) is 4.74 Å². The van der Waals surface area contributed by atoms with E-state index >= 15 is 0 Å². The Hall–Kier alpha value is -0.850. The first kappa shape index (κ1) is 14.6. The van der Waals surface area contributed by atoms with Gasteiger partial charge >= 0.3 is 6.18 Å². The summed E-state index contributed by atoms with van der Waals surface area (Å²) in [6, 6.07) is 1.27. The number of ether oxygens (including phenoxy) is 1. The van der Waals surface area contributed by atoms with E-state index in [0.717, 1.165) is 6.07 Å². The SMILES string of the molecule is Cl.Fc1cc(C(F)(F)F)cc2c1[C@@H]1NCCO[C@@H]1C2. The largest absolute Gasteiger partial charge is 0.416 e. The highest BCUT2D eigenvalue weighted by atomic mass is 35.5. The van der Waals surface area contributed by atoms with E-state index in [1.54, 1.807) is 0 Å². The normalized spacial score (nSPS) is 25.5. The molecule has 1 heterocycles. The van der Waals surface area contributed by atoms with Gasteiger partial charge in [0, 0.05) is 18.5 Å². The van der Waals surface area contributed by atoms with Crippen LogP contribution in [0.15, 0.2) is 12.1 Å². The lowest BCUT2D eigenvalue weighted by Gasteiger charge is -2.27. The van der Waals surface area contributed by atoms with Gasteiger partial charge in [-0.2, -0.15) is 13.2 Å². The summed E-state index contributed by atoms with van der Waals surface area (Å²) in [6.45, 7) is 1.09. The summed E-state index contributed by atoms with van der Waals surface area (Å²) >= 11 is 0. The Morgan fingerprint density at radius 3 is 2.68 bits per heavy atom. The quantitative estimate of drug-likeness (QED) is 0.744. The highest BCUT2D eigenvalue weighted by Crippen LogP contribution is 2.40. The summed E-state index contributed by atoms with van der Waals surface area (Å²) in [4.78, 5) is 0. The van der Waals surface area contributed by atoms with Gasteiger partial charge in [0.2, 0.25) is 0 Å². The van der Waals surface area contributed by atoms with Gasteiger partial charge in [-0.3, -0.25) is 0 Å². The predicted molar refractivity (Wildman–Crippen MR) is 62.8 cm³/mol. The molecule has 1 aliphatic heterocycles. The van der Waals surface area contributed by atoms with E-state index in [9.17, 15) is 17.6 Å². The van der Waals surface area contributed by atoms with E-state index in [2.05, 4.69) is 5.32 Å². The van der Waals surface area contributed by atoms with E-state index in [0.29, 0.717) is 36.8 Å². The molecule has 7 heteroatoms. The zero-order valence-electron chi connectivity index (χ0n) is 9.76. The molecule has 2 atom stereocenters. The second-order valence-corrected chi connectivity index (χ2v) is 4.57. The van der Waals surface area contributed by atoms with Gasteiger partial charge in [-0.05, 0) is 17.7 Å². The topological polar surface area (TPSA) is 21.3 Å². The number of alkyl halides is 3. The van der Waals surface area contributed by atoms with Gasteiger partial charge in [0.05, 0.1) is 24.3 Å². The van der Waals surface area contributed by atoms with Gasteiger partial charge in [-0.1, -0.05) is 0 Å². The summed E-state index contributed by atoms with van der Waals surface area (Å²) in [5, 5.41) is 3.09. The molecule has 0 aromatic heterocycles. The molecule has 0 amide bonds. The fraction of sp³-hybridized carbons (Fsp3) is 0.500. The van der Waals surface area contributed by atoms with Gasteiger partial charge in [0.1, 0.15) is 5.82 Å². The third-order valence-electron chi connectivity index (χ3n) is 3.44. The molecule has 106 valence electrons. The molecular formula is C12H12ClF4NO. The van der Waals surface area contributed by atoms with E-state index < -0.39 is 17.6 Å². The van der Waals surface area contributed by atoms with Crippen molar-refractivity contribution in [1.82, 2.24) is 5.32 Å². The van der Waals surface area contributed by atoms with Crippen LogP contribution in [0.2, 0.25) is 0 Å². The van der Waals surface area contributed by atoms with Crippen molar-refractivity contribution in [3.8, 4) is 0 Å². The van der Waals surface area contributed by atoms with Crippen LogP contribution < -0.4 is 5.32 Å². The van der Waals surface area contributed by atoms with Crippen LogP contribution in [-0.4, -0.2) is 19.3 Å². The zero-order valence-corrected chi connectivity index (χ0v) is 10.6. The van der Waals surface area contributed by atoms with Crippen LogP contribution in [-0.2, 0) is 17.3 Å². The van der Waals surface area contributed by atoms with Crippen LogP contribution in [0.25, 0.3) is 0 Å². The lowest BCUT2D eigenvalue weighted by atomic mass is 10.0. The van der Waals surface area contributed by atoms with Crippen molar-refractivity contribution >= 4 is 12.4 Å². The number of hydrogen-bond donors (Lipinski definition) is 1. The van der Waals surface area contributed by atoms with Crippen molar-refractivity contribution in [1.29, 1.82) is 0 Å². The molecule has 1 aromatic carbocycles.